The molecule has 0 heterocycles. The standard InChI is InChI=1S/C8H11BrO/c9-7-4-5-1-2-6(3-5)8(7)10/h4-6,8,10H,1-3H2/t5-,6+,8-/m0/s1. The van der Waals surface area contributed by atoms with Crippen molar-refractivity contribution in [2.75, 3.05) is 0 Å². The summed E-state index contributed by atoms with van der Waals surface area (Å²) in [5, 5.41) is 9.55. The molecular formula is C8H11BrO. The Kier molecular flexibility index (Phi) is 1.61. The van der Waals surface area contributed by atoms with Crippen LogP contribution in [0.5, 0.6) is 0 Å². The fraction of sp³-hybridized carbons (Fsp3) is 0.750. The van der Waals surface area contributed by atoms with Crippen molar-refractivity contribution in [3.05, 3.63) is 10.6 Å². The van der Waals surface area contributed by atoms with Gasteiger partial charge in [-0.3, -0.25) is 0 Å². The van der Waals surface area contributed by atoms with Crippen LogP contribution in [0.1, 0.15) is 19.3 Å². The van der Waals surface area contributed by atoms with E-state index in [1.165, 1.54) is 19.3 Å². The van der Waals surface area contributed by atoms with Crippen LogP contribution in [0.25, 0.3) is 0 Å². The molecule has 0 aromatic carbocycles. The number of fused-ring (bicyclic) bond motifs is 2. The van der Waals surface area contributed by atoms with Crippen LogP contribution in [0.15, 0.2) is 10.6 Å². The van der Waals surface area contributed by atoms with Crippen molar-refractivity contribution in [1.82, 2.24) is 0 Å². The SMILES string of the molecule is O[C@@H]1C(Br)=C[C@H]2CC[C@@H]1C2. The first-order valence-corrected chi connectivity index (χ1v) is 4.62. The third-order valence-electron chi connectivity index (χ3n) is 2.64. The van der Waals surface area contributed by atoms with Crippen molar-refractivity contribution in [1.29, 1.82) is 0 Å². The second kappa shape index (κ2) is 2.35. The van der Waals surface area contributed by atoms with E-state index in [-0.39, 0.29) is 6.10 Å². The maximum Gasteiger partial charge on any atom is 0.0879 e. The minimum Gasteiger partial charge on any atom is -0.388 e. The monoisotopic (exact) mass is 202 g/mol. The molecule has 2 heteroatoms. The number of allylic oxidation sites excluding steroid dienone is 1. The number of aliphatic hydroxyl groups excluding tert-OH is 1. The predicted molar refractivity (Wildman–Crippen MR) is 43.8 cm³/mol. The predicted octanol–water partition coefficient (Wildman–Crippen LogP) is 2.06. The zero-order chi connectivity index (χ0) is 7.14. The third-order valence-corrected chi connectivity index (χ3v) is 3.37. The van der Waals surface area contributed by atoms with E-state index in [0.29, 0.717) is 5.92 Å². The first-order chi connectivity index (χ1) is 4.77. The highest BCUT2D eigenvalue weighted by Gasteiger charge is 2.34. The fourth-order valence-corrected chi connectivity index (χ4v) is 2.79. The summed E-state index contributed by atoms with van der Waals surface area (Å²) in [4.78, 5) is 0. The Morgan fingerprint density at radius 1 is 1.50 bits per heavy atom. The molecule has 0 aliphatic heterocycles. The van der Waals surface area contributed by atoms with E-state index in [9.17, 15) is 5.11 Å². The Morgan fingerprint density at radius 2 is 2.30 bits per heavy atom. The van der Waals surface area contributed by atoms with Crippen LogP contribution in [0.2, 0.25) is 0 Å². The minimum absolute atomic E-state index is 0.196. The van der Waals surface area contributed by atoms with Crippen molar-refractivity contribution < 1.29 is 5.11 Å². The Morgan fingerprint density at radius 3 is 3.10 bits per heavy atom. The molecule has 0 unspecified atom stereocenters. The van der Waals surface area contributed by atoms with Gasteiger partial charge < -0.3 is 5.11 Å². The van der Waals surface area contributed by atoms with Gasteiger partial charge in [-0.05, 0) is 31.1 Å². The summed E-state index contributed by atoms with van der Waals surface area (Å²) >= 11 is 3.39. The van der Waals surface area contributed by atoms with Crippen LogP contribution in [0.3, 0.4) is 0 Å². The third kappa shape index (κ3) is 0.940. The van der Waals surface area contributed by atoms with Crippen LogP contribution < -0.4 is 0 Å². The van der Waals surface area contributed by atoms with Gasteiger partial charge in [0.05, 0.1) is 6.10 Å². The van der Waals surface area contributed by atoms with Crippen molar-refractivity contribution in [3.8, 4) is 0 Å². The number of rotatable bonds is 0. The topological polar surface area (TPSA) is 20.2 Å². The molecule has 0 aromatic rings. The van der Waals surface area contributed by atoms with Gasteiger partial charge in [0.1, 0.15) is 0 Å². The first kappa shape index (κ1) is 6.86. The van der Waals surface area contributed by atoms with Crippen LogP contribution in [-0.2, 0) is 0 Å². The maximum atomic E-state index is 9.55. The molecule has 2 rings (SSSR count). The second-order valence-corrected chi connectivity index (χ2v) is 4.25. The van der Waals surface area contributed by atoms with Crippen molar-refractivity contribution >= 4 is 15.9 Å². The van der Waals surface area contributed by atoms with Crippen molar-refractivity contribution in [3.63, 3.8) is 0 Å². The van der Waals surface area contributed by atoms with E-state index in [4.69, 9.17) is 0 Å². The zero-order valence-corrected chi connectivity index (χ0v) is 7.34. The van der Waals surface area contributed by atoms with Crippen LogP contribution >= 0.6 is 15.9 Å². The molecule has 1 fully saturated rings. The van der Waals surface area contributed by atoms with E-state index >= 15 is 0 Å². The molecule has 0 aromatic heterocycles. The number of hydrogen-bond donors (Lipinski definition) is 1. The molecule has 10 heavy (non-hydrogen) atoms. The van der Waals surface area contributed by atoms with Crippen LogP contribution in [-0.4, -0.2) is 11.2 Å². The number of aliphatic hydroxyl groups is 1. The fourth-order valence-electron chi connectivity index (χ4n) is 2.04. The summed E-state index contributed by atoms with van der Waals surface area (Å²) in [6.45, 7) is 0. The quantitative estimate of drug-likeness (QED) is 0.638. The Labute approximate surface area is 69.3 Å². The van der Waals surface area contributed by atoms with Gasteiger partial charge in [0.15, 0.2) is 0 Å². The van der Waals surface area contributed by atoms with Gasteiger partial charge >= 0.3 is 0 Å². The Hall–Kier alpha value is 0.180. The molecule has 3 atom stereocenters. The minimum atomic E-state index is -0.196. The molecule has 56 valence electrons. The first-order valence-electron chi connectivity index (χ1n) is 3.82. The summed E-state index contributed by atoms with van der Waals surface area (Å²) in [5.41, 5.74) is 0. The smallest absolute Gasteiger partial charge is 0.0879 e. The van der Waals surface area contributed by atoms with E-state index in [1.54, 1.807) is 0 Å². The average molecular weight is 203 g/mol. The normalized spacial score (nSPS) is 45.4. The van der Waals surface area contributed by atoms with Crippen molar-refractivity contribution in [2.45, 2.75) is 25.4 Å². The molecule has 2 bridgehead atoms. The molecule has 2 aliphatic carbocycles. The molecule has 0 saturated heterocycles. The summed E-state index contributed by atoms with van der Waals surface area (Å²) < 4.78 is 1.02. The highest BCUT2D eigenvalue weighted by molar-refractivity contribution is 9.11. The van der Waals surface area contributed by atoms with E-state index < -0.39 is 0 Å². The highest BCUT2D eigenvalue weighted by Crippen LogP contribution is 2.42. The Bertz CT molecular complexity index is 176. The van der Waals surface area contributed by atoms with E-state index in [2.05, 4.69) is 22.0 Å². The largest absolute Gasteiger partial charge is 0.388 e. The average Bonchev–Trinajstić information content (AvgIpc) is 2.29. The molecular weight excluding hydrogens is 192 g/mol. The van der Waals surface area contributed by atoms with Crippen LogP contribution in [0.4, 0.5) is 0 Å². The molecule has 1 N–H and O–H groups in total. The lowest BCUT2D eigenvalue weighted by Gasteiger charge is -2.21. The van der Waals surface area contributed by atoms with Gasteiger partial charge in [-0.1, -0.05) is 22.0 Å². The molecule has 0 amide bonds. The zero-order valence-electron chi connectivity index (χ0n) is 5.76. The summed E-state index contributed by atoms with van der Waals surface area (Å²) in [5.74, 6) is 1.30. The van der Waals surface area contributed by atoms with E-state index in [1.807, 2.05) is 0 Å². The Balaban J connectivity index is 2.25. The van der Waals surface area contributed by atoms with Crippen molar-refractivity contribution in [2.24, 2.45) is 11.8 Å². The number of halogens is 1. The van der Waals surface area contributed by atoms with Crippen LogP contribution in [0, 0.1) is 11.8 Å². The molecule has 1 nitrogen and oxygen atoms in total. The molecule has 2 aliphatic rings. The number of hydrogen-bond acceptors (Lipinski definition) is 1. The highest BCUT2D eigenvalue weighted by atomic mass is 79.9. The molecule has 0 spiro atoms. The van der Waals surface area contributed by atoms with Gasteiger partial charge in [0.2, 0.25) is 0 Å². The molecule has 0 radical (unpaired) electrons. The van der Waals surface area contributed by atoms with Gasteiger partial charge in [-0.15, -0.1) is 0 Å². The lowest BCUT2D eigenvalue weighted by molar-refractivity contribution is 0.146. The maximum absolute atomic E-state index is 9.55. The summed E-state index contributed by atoms with van der Waals surface area (Å²) in [7, 11) is 0. The van der Waals surface area contributed by atoms with Gasteiger partial charge in [-0.2, -0.15) is 0 Å². The lowest BCUT2D eigenvalue weighted by atomic mass is 9.93. The van der Waals surface area contributed by atoms with Gasteiger partial charge in [0, 0.05) is 4.48 Å². The van der Waals surface area contributed by atoms with E-state index in [0.717, 1.165) is 10.4 Å². The van der Waals surface area contributed by atoms with Gasteiger partial charge in [0.25, 0.3) is 0 Å². The summed E-state index contributed by atoms with van der Waals surface area (Å²) in [6.07, 6.45) is 5.66. The van der Waals surface area contributed by atoms with Gasteiger partial charge in [-0.25, -0.2) is 0 Å². The summed E-state index contributed by atoms with van der Waals surface area (Å²) in [6, 6.07) is 0. The molecule has 1 saturated carbocycles. The second-order valence-electron chi connectivity index (χ2n) is 3.33. The lowest BCUT2D eigenvalue weighted by Crippen LogP contribution is -2.21.